The Morgan fingerprint density at radius 3 is 2.32 bits per heavy atom. The Kier molecular flexibility index (Phi) is 3.96. The molecule has 0 aliphatic carbocycles. The Morgan fingerprint density at radius 2 is 1.74 bits per heavy atom. The molecule has 2 rings (SSSR count). The van der Waals surface area contributed by atoms with Crippen LogP contribution in [0, 0.1) is 5.41 Å². The Hall–Kier alpha value is -1.74. The zero-order chi connectivity index (χ0) is 13.9. The van der Waals surface area contributed by atoms with Gasteiger partial charge in [0.15, 0.2) is 0 Å². The van der Waals surface area contributed by atoms with Crippen molar-refractivity contribution in [3.63, 3.8) is 0 Å². The van der Waals surface area contributed by atoms with Gasteiger partial charge < -0.3 is 4.74 Å². The van der Waals surface area contributed by atoms with Gasteiger partial charge in [0.05, 0.1) is 17.1 Å². The third-order valence-electron chi connectivity index (χ3n) is 2.99. The van der Waals surface area contributed by atoms with Gasteiger partial charge in [-0.2, -0.15) is 0 Å². The van der Waals surface area contributed by atoms with Gasteiger partial charge in [0.1, 0.15) is 6.10 Å². The molecule has 0 saturated heterocycles. The van der Waals surface area contributed by atoms with Gasteiger partial charge in [0.2, 0.25) is 0 Å². The quantitative estimate of drug-likeness (QED) is 0.836. The third kappa shape index (κ3) is 3.18. The van der Waals surface area contributed by atoms with E-state index in [1.807, 2.05) is 36.4 Å². The van der Waals surface area contributed by atoms with Crippen molar-refractivity contribution in [1.29, 1.82) is 0 Å². The Balaban J connectivity index is 2.40. The Bertz CT molecular complexity index is 532. The number of nitrogens with zero attached hydrogens (tertiary/aromatic N) is 2. The molecular formula is C16H20N2O. The molecule has 0 bridgehead atoms. The second kappa shape index (κ2) is 5.49. The first-order valence-corrected chi connectivity index (χ1v) is 6.43. The second-order valence-corrected chi connectivity index (χ2v) is 5.64. The van der Waals surface area contributed by atoms with Crippen molar-refractivity contribution < 1.29 is 4.74 Å². The standard InChI is InChI=1S/C16H20N2O/c1-16(2,3)15(19-4)14-10-7-9-13(18-14)12-8-5-6-11-17-12/h5-11,15H,1-4H3/t15-/m0/s1. The first-order valence-electron chi connectivity index (χ1n) is 6.43. The first kappa shape index (κ1) is 13.7. The van der Waals surface area contributed by atoms with E-state index in [-0.39, 0.29) is 11.5 Å². The Labute approximate surface area is 114 Å². The lowest BCUT2D eigenvalue weighted by Crippen LogP contribution is -2.21. The monoisotopic (exact) mass is 256 g/mol. The number of hydrogen-bond donors (Lipinski definition) is 0. The molecule has 0 fully saturated rings. The minimum absolute atomic E-state index is 0.00445. The molecule has 0 aromatic carbocycles. The highest BCUT2D eigenvalue weighted by Gasteiger charge is 2.27. The SMILES string of the molecule is CO[C@@H](c1cccc(-c2ccccn2)n1)C(C)(C)C. The van der Waals surface area contributed by atoms with Gasteiger partial charge in [-0.1, -0.05) is 32.9 Å². The van der Waals surface area contributed by atoms with Crippen molar-refractivity contribution in [3.8, 4) is 11.4 Å². The third-order valence-corrected chi connectivity index (χ3v) is 2.99. The summed E-state index contributed by atoms with van der Waals surface area (Å²) in [5.41, 5.74) is 2.71. The smallest absolute Gasteiger partial charge is 0.104 e. The van der Waals surface area contributed by atoms with Crippen molar-refractivity contribution >= 4 is 0 Å². The van der Waals surface area contributed by atoms with Crippen molar-refractivity contribution in [2.75, 3.05) is 7.11 Å². The zero-order valence-electron chi connectivity index (χ0n) is 11.9. The van der Waals surface area contributed by atoms with Crippen LogP contribution in [0.1, 0.15) is 32.6 Å². The normalized spacial score (nSPS) is 13.3. The fourth-order valence-corrected chi connectivity index (χ4v) is 2.17. The lowest BCUT2D eigenvalue weighted by Gasteiger charge is -2.29. The van der Waals surface area contributed by atoms with Crippen LogP contribution in [0.3, 0.4) is 0 Å². The van der Waals surface area contributed by atoms with Gasteiger partial charge >= 0.3 is 0 Å². The van der Waals surface area contributed by atoms with E-state index in [0.717, 1.165) is 17.1 Å². The molecule has 0 N–H and O–H groups in total. The van der Waals surface area contributed by atoms with Gasteiger partial charge in [-0.15, -0.1) is 0 Å². The molecule has 2 aromatic heterocycles. The van der Waals surface area contributed by atoms with E-state index in [0.29, 0.717) is 0 Å². The topological polar surface area (TPSA) is 35.0 Å². The summed E-state index contributed by atoms with van der Waals surface area (Å²) in [6.07, 6.45) is 1.75. The van der Waals surface area contributed by atoms with Crippen LogP contribution in [-0.2, 0) is 4.74 Å². The molecule has 100 valence electrons. The average molecular weight is 256 g/mol. The van der Waals surface area contributed by atoms with Crippen LogP contribution in [0.4, 0.5) is 0 Å². The number of hydrogen-bond acceptors (Lipinski definition) is 3. The highest BCUT2D eigenvalue weighted by molar-refractivity contribution is 5.53. The van der Waals surface area contributed by atoms with E-state index in [1.165, 1.54) is 0 Å². The van der Waals surface area contributed by atoms with Crippen LogP contribution >= 0.6 is 0 Å². The van der Waals surface area contributed by atoms with Crippen molar-refractivity contribution in [2.45, 2.75) is 26.9 Å². The summed E-state index contributed by atoms with van der Waals surface area (Å²) >= 11 is 0. The van der Waals surface area contributed by atoms with Crippen LogP contribution < -0.4 is 0 Å². The van der Waals surface area contributed by atoms with Gasteiger partial charge in [-0.25, -0.2) is 4.98 Å². The number of methoxy groups -OCH3 is 1. The summed E-state index contributed by atoms with van der Waals surface area (Å²) in [5.74, 6) is 0. The lowest BCUT2D eigenvalue weighted by atomic mass is 9.86. The van der Waals surface area contributed by atoms with Crippen LogP contribution in [0.15, 0.2) is 42.6 Å². The molecule has 0 amide bonds. The zero-order valence-corrected chi connectivity index (χ0v) is 11.9. The maximum Gasteiger partial charge on any atom is 0.104 e. The summed E-state index contributed by atoms with van der Waals surface area (Å²) in [7, 11) is 1.73. The number of rotatable bonds is 3. The van der Waals surface area contributed by atoms with Gasteiger partial charge in [-0.05, 0) is 29.7 Å². The molecule has 3 nitrogen and oxygen atoms in total. The number of pyridine rings is 2. The van der Waals surface area contributed by atoms with E-state index >= 15 is 0 Å². The van der Waals surface area contributed by atoms with Gasteiger partial charge in [0.25, 0.3) is 0 Å². The summed E-state index contributed by atoms with van der Waals surface area (Å²) in [6, 6.07) is 11.8. The van der Waals surface area contributed by atoms with Crippen LogP contribution in [0.5, 0.6) is 0 Å². The molecule has 1 atom stereocenters. The van der Waals surface area contributed by atoms with Gasteiger partial charge in [0, 0.05) is 13.3 Å². The van der Waals surface area contributed by atoms with Crippen molar-refractivity contribution in [1.82, 2.24) is 9.97 Å². The summed E-state index contributed by atoms with van der Waals surface area (Å²) in [5, 5.41) is 0. The predicted octanol–water partition coefficient (Wildman–Crippen LogP) is 3.88. The van der Waals surface area contributed by atoms with Crippen molar-refractivity contribution in [3.05, 3.63) is 48.3 Å². The number of ether oxygens (including phenoxy) is 1. The van der Waals surface area contributed by atoms with Crippen LogP contribution in [0.25, 0.3) is 11.4 Å². The molecule has 3 heteroatoms. The molecule has 0 saturated carbocycles. The average Bonchev–Trinajstić information content (AvgIpc) is 2.39. The van der Waals surface area contributed by atoms with E-state index in [1.54, 1.807) is 13.3 Å². The largest absolute Gasteiger partial charge is 0.375 e. The van der Waals surface area contributed by atoms with E-state index in [4.69, 9.17) is 9.72 Å². The highest BCUT2D eigenvalue weighted by Crippen LogP contribution is 2.35. The Morgan fingerprint density at radius 1 is 1.00 bits per heavy atom. The minimum atomic E-state index is -0.0313. The van der Waals surface area contributed by atoms with Crippen LogP contribution in [-0.4, -0.2) is 17.1 Å². The van der Waals surface area contributed by atoms with E-state index in [2.05, 4.69) is 25.8 Å². The molecule has 0 radical (unpaired) electrons. The van der Waals surface area contributed by atoms with Crippen molar-refractivity contribution in [2.24, 2.45) is 5.41 Å². The van der Waals surface area contributed by atoms with Gasteiger partial charge in [-0.3, -0.25) is 4.98 Å². The summed E-state index contributed by atoms with van der Waals surface area (Å²) in [6.45, 7) is 6.45. The molecule has 2 heterocycles. The molecule has 2 aromatic rings. The predicted molar refractivity (Wildman–Crippen MR) is 76.7 cm³/mol. The lowest BCUT2D eigenvalue weighted by molar-refractivity contribution is 0.0121. The fourth-order valence-electron chi connectivity index (χ4n) is 2.17. The first-order chi connectivity index (χ1) is 9.02. The highest BCUT2D eigenvalue weighted by atomic mass is 16.5. The molecule has 0 aliphatic heterocycles. The second-order valence-electron chi connectivity index (χ2n) is 5.64. The van der Waals surface area contributed by atoms with E-state index in [9.17, 15) is 0 Å². The molecular weight excluding hydrogens is 236 g/mol. The fraction of sp³-hybridized carbons (Fsp3) is 0.375. The molecule has 0 unspecified atom stereocenters. The summed E-state index contributed by atoms with van der Waals surface area (Å²) in [4.78, 5) is 9.03. The maximum atomic E-state index is 5.61. The molecule has 0 spiro atoms. The number of aromatic nitrogens is 2. The molecule has 0 aliphatic rings. The molecule has 19 heavy (non-hydrogen) atoms. The van der Waals surface area contributed by atoms with Crippen LogP contribution in [0.2, 0.25) is 0 Å². The minimum Gasteiger partial charge on any atom is -0.375 e. The maximum absolute atomic E-state index is 5.61. The summed E-state index contributed by atoms with van der Waals surface area (Å²) < 4.78 is 5.61. The van der Waals surface area contributed by atoms with E-state index < -0.39 is 0 Å².